The maximum absolute atomic E-state index is 4.92. The molecule has 172 valence electrons. The quantitative estimate of drug-likeness (QED) is 0.376. The van der Waals surface area contributed by atoms with Crippen LogP contribution in [0, 0.1) is 0 Å². The third-order valence-corrected chi connectivity index (χ3v) is 6.70. The molecule has 5 aromatic rings. The number of H-pyrrole nitrogens is 2. The highest BCUT2D eigenvalue weighted by Crippen LogP contribution is 2.28. The second-order valence-electron chi connectivity index (χ2n) is 9.00. The molecule has 6 rings (SSSR count). The zero-order valence-electron chi connectivity index (χ0n) is 19.5. The van der Waals surface area contributed by atoms with Gasteiger partial charge in [-0.1, -0.05) is 19.4 Å². The summed E-state index contributed by atoms with van der Waals surface area (Å²) >= 11 is 0. The average molecular weight is 452 g/mol. The number of fused-ring (bicyclic) bond motifs is 2. The number of benzene rings is 2. The first kappa shape index (κ1) is 20.9. The fourth-order valence-electron chi connectivity index (χ4n) is 4.72. The second kappa shape index (κ2) is 8.91. The molecule has 7 nitrogen and oxygen atoms in total. The largest absolute Gasteiger partial charge is 0.369 e. The number of nitrogens with one attached hydrogen (secondary N) is 2. The fraction of sp³-hybridized carbons (Fsp3) is 0.296. The number of hydrogen-bond acceptors (Lipinski definition) is 5. The summed E-state index contributed by atoms with van der Waals surface area (Å²) in [5.74, 6) is 1.64. The number of anilines is 1. The lowest BCUT2D eigenvalue weighted by atomic mass is 10.2. The third kappa shape index (κ3) is 4.03. The summed E-state index contributed by atoms with van der Waals surface area (Å²) in [5, 5.41) is 0. The number of hydrogen-bond donors (Lipinski definition) is 2. The van der Waals surface area contributed by atoms with Crippen LogP contribution in [-0.4, -0.2) is 62.5 Å². The van der Waals surface area contributed by atoms with Crippen LogP contribution in [0.3, 0.4) is 0 Å². The van der Waals surface area contributed by atoms with Crippen molar-refractivity contribution >= 4 is 27.8 Å². The highest BCUT2D eigenvalue weighted by Gasteiger charge is 2.18. The van der Waals surface area contributed by atoms with Crippen molar-refractivity contribution in [3.63, 3.8) is 0 Å². The van der Waals surface area contributed by atoms with Gasteiger partial charge in [-0.2, -0.15) is 0 Å². The van der Waals surface area contributed by atoms with Crippen molar-refractivity contribution < 1.29 is 0 Å². The summed E-state index contributed by atoms with van der Waals surface area (Å²) in [6.07, 6.45) is 4.33. The van der Waals surface area contributed by atoms with Gasteiger partial charge < -0.3 is 14.9 Å². The number of piperazine rings is 1. The van der Waals surface area contributed by atoms with Gasteiger partial charge in [0.15, 0.2) is 5.82 Å². The van der Waals surface area contributed by atoms with Gasteiger partial charge in [-0.3, -0.25) is 9.88 Å². The average Bonchev–Trinajstić information content (AvgIpc) is 3.51. The van der Waals surface area contributed by atoms with E-state index in [1.807, 2.05) is 18.2 Å². The summed E-state index contributed by atoms with van der Waals surface area (Å²) in [6, 6.07) is 18.6. The Morgan fingerprint density at radius 2 is 1.59 bits per heavy atom. The standard InChI is InChI=1S/C27H29N7/c1-2-3-12-33-13-15-34(16-14-33)20-8-10-22-25(18-20)31-26(29-22)19-7-9-21-24(17-19)32-27(30-21)23-6-4-5-11-28-23/h4-11,17-18H,2-3,12-16H2,1H3,(H,29,31)(H,30,32). The summed E-state index contributed by atoms with van der Waals surface area (Å²) in [6.45, 7) is 7.88. The van der Waals surface area contributed by atoms with Crippen molar-refractivity contribution in [1.82, 2.24) is 29.8 Å². The molecule has 0 spiro atoms. The van der Waals surface area contributed by atoms with Crippen LogP contribution in [0.15, 0.2) is 60.8 Å². The van der Waals surface area contributed by atoms with Crippen LogP contribution in [0.5, 0.6) is 0 Å². The number of pyridine rings is 1. The molecule has 0 amide bonds. The van der Waals surface area contributed by atoms with Gasteiger partial charge in [-0.05, 0) is 61.5 Å². The predicted octanol–water partition coefficient (Wildman–Crippen LogP) is 5.09. The molecule has 34 heavy (non-hydrogen) atoms. The molecule has 1 aliphatic rings. The normalized spacial score (nSPS) is 14.9. The van der Waals surface area contributed by atoms with E-state index in [0.717, 1.165) is 71.2 Å². The Balaban J connectivity index is 1.24. The van der Waals surface area contributed by atoms with E-state index in [1.54, 1.807) is 6.20 Å². The molecule has 4 heterocycles. The molecule has 0 bridgehead atoms. The molecule has 2 N–H and O–H groups in total. The molecule has 1 saturated heterocycles. The molecule has 0 radical (unpaired) electrons. The van der Waals surface area contributed by atoms with E-state index in [4.69, 9.17) is 9.97 Å². The minimum atomic E-state index is 0.775. The Hall–Kier alpha value is -3.71. The number of aromatic amines is 2. The number of unbranched alkanes of at least 4 members (excludes halogenated alkanes) is 1. The van der Waals surface area contributed by atoms with Crippen LogP contribution >= 0.6 is 0 Å². The Morgan fingerprint density at radius 1 is 0.824 bits per heavy atom. The van der Waals surface area contributed by atoms with Crippen LogP contribution < -0.4 is 4.90 Å². The maximum Gasteiger partial charge on any atom is 0.157 e. The molecular formula is C27H29N7. The van der Waals surface area contributed by atoms with E-state index in [0.29, 0.717) is 0 Å². The molecule has 1 fully saturated rings. The predicted molar refractivity (Wildman–Crippen MR) is 138 cm³/mol. The molecule has 0 atom stereocenters. The van der Waals surface area contributed by atoms with Gasteiger partial charge in [0, 0.05) is 43.6 Å². The minimum absolute atomic E-state index is 0.775. The van der Waals surface area contributed by atoms with Gasteiger partial charge in [-0.25, -0.2) is 9.97 Å². The van der Waals surface area contributed by atoms with E-state index >= 15 is 0 Å². The summed E-state index contributed by atoms with van der Waals surface area (Å²) in [5.41, 5.74) is 7.05. The molecule has 0 aliphatic carbocycles. The van der Waals surface area contributed by atoms with Gasteiger partial charge in [0.05, 0.1) is 22.1 Å². The van der Waals surface area contributed by atoms with Gasteiger partial charge in [-0.15, -0.1) is 0 Å². The maximum atomic E-state index is 4.92. The number of imidazole rings is 2. The molecule has 1 aliphatic heterocycles. The van der Waals surface area contributed by atoms with E-state index in [2.05, 4.69) is 68.1 Å². The van der Waals surface area contributed by atoms with Gasteiger partial charge in [0.25, 0.3) is 0 Å². The molecule has 2 aromatic carbocycles. The fourth-order valence-corrected chi connectivity index (χ4v) is 4.72. The summed E-state index contributed by atoms with van der Waals surface area (Å²) < 4.78 is 0. The van der Waals surface area contributed by atoms with Crippen LogP contribution in [0.25, 0.3) is 45.0 Å². The van der Waals surface area contributed by atoms with Gasteiger partial charge in [0.1, 0.15) is 11.5 Å². The van der Waals surface area contributed by atoms with Crippen molar-refractivity contribution in [2.24, 2.45) is 0 Å². The van der Waals surface area contributed by atoms with Crippen molar-refractivity contribution in [3.8, 4) is 22.9 Å². The van der Waals surface area contributed by atoms with E-state index in [-0.39, 0.29) is 0 Å². The first-order valence-corrected chi connectivity index (χ1v) is 12.2. The van der Waals surface area contributed by atoms with Crippen molar-refractivity contribution in [2.75, 3.05) is 37.6 Å². The van der Waals surface area contributed by atoms with Crippen molar-refractivity contribution in [1.29, 1.82) is 0 Å². The smallest absolute Gasteiger partial charge is 0.157 e. The van der Waals surface area contributed by atoms with Crippen molar-refractivity contribution in [2.45, 2.75) is 19.8 Å². The highest BCUT2D eigenvalue weighted by molar-refractivity contribution is 5.86. The lowest BCUT2D eigenvalue weighted by Gasteiger charge is -2.36. The molecule has 3 aromatic heterocycles. The van der Waals surface area contributed by atoms with Crippen LogP contribution in [0.4, 0.5) is 5.69 Å². The Bertz CT molecular complexity index is 1410. The second-order valence-corrected chi connectivity index (χ2v) is 9.00. The van der Waals surface area contributed by atoms with E-state index in [9.17, 15) is 0 Å². The van der Waals surface area contributed by atoms with Gasteiger partial charge in [0.2, 0.25) is 0 Å². The lowest BCUT2D eigenvalue weighted by Crippen LogP contribution is -2.46. The van der Waals surface area contributed by atoms with E-state index < -0.39 is 0 Å². The zero-order valence-corrected chi connectivity index (χ0v) is 19.5. The van der Waals surface area contributed by atoms with Gasteiger partial charge >= 0.3 is 0 Å². The topological polar surface area (TPSA) is 76.7 Å². The molecular weight excluding hydrogens is 422 g/mol. The molecule has 7 heteroatoms. The monoisotopic (exact) mass is 451 g/mol. The van der Waals surface area contributed by atoms with Crippen LogP contribution in [0.1, 0.15) is 19.8 Å². The lowest BCUT2D eigenvalue weighted by molar-refractivity contribution is 0.254. The summed E-state index contributed by atoms with van der Waals surface area (Å²) in [4.78, 5) is 26.0. The minimum Gasteiger partial charge on any atom is -0.369 e. The Kier molecular flexibility index (Phi) is 5.47. The highest BCUT2D eigenvalue weighted by atomic mass is 15.3. The first-order chi connectivity index (χ1) is 16.8. The number of nitrogens with zero attached hydrogens (tertiary/aromatic N) is 5. The summed E-state index contributed by atoms with van der Waals surface area (Å²) in [7, 11) is 0. The first-order valence-electron chi connectivity index (χ1n) is 12.2. The Morgan fingerprint density at radius 3 is 2.38 bits per heavy atom. The third-order valence-electron chi connectivity index (χ3n) is 6.70. The van der Waals surface area contributed by atoms with E-state index in [1.165, 1.54) is 25.1 Å². The molecule has 0 unspecified atom stereocenters. The zero-order chi connectivity index (χ0) is 22.9. The number of aromatic nitrogens is 5. The van der Waals surface area contributed by atoms with Crippen molar-refractivity contribution in [3.05, 3.63) is 60.8 Å². The SMILES string of the molecule is CCCCN1CCN(c2ccc3[nH]c(-c4ccc5[nH]c(-c6ccccn6)nc5c4)nc3c2)CC1. The molecule has 0 saturated carbocycles. The number of rotatable bonds is 6. The Labute approximate surface area is 198 Å². The van der Waals surface area contributed by atoms with Crippen LogP contribution in [0.2, 0.25) is 0 Å². The van der Waals surface area contributed by atoms with Crippen LogP contribution in [-0.2, 0) is 0 Å².